The molecule has 10 heteroatoms. The maximum absolute atomic E-state index is 11.1. The number of ether oxygens (including phenoxy) is 2. The van der Waals surface area contributed by atoms with Crippen LogP contribution in [0, 0.1) is 17.0 Å². The summed E-state index contributed by atoms with van der Waals surface area (Å²) in [7, 11) is 0. The topological polar surface area (TPSA) is 95.5 Å². The number of rotatable bonds is 8. The summed E-state index contributed by atoms with van der Waals surface area (Å²) in [4.78, 5) is 12.9. The first-order valence-corrected chi connectivity index (χ1v) is 11.0. The predicted molar refractivity (Wildman–Crippen MR) is 118 cm³/mol. The van der Waals surface area contributed by atoms with Gasteiger partial charge in [-0.05, 0) is 24.6 Å². The highest BCUT2D eigenvalue weighted by Gasteiger charge is 2.22. The Hall–Kier alpha value is -3.11. The fraction of sp³-hybridized carbons (Fsp3) is 0.333. The number of nitrogens with zero attached hydrogens (tertiary/aromatic N) is 5. The molecule has 2 heterocycles. The number of hydrogen-bond acceptors (Lipinski definition) is 8. The number of benzene rings is 2. The number of anilines is 1. The minimum atomic E-state index is -0.439. The minimum absolute atomic E-state index is 0.0369. The van der Waals surface area contributed by atoms with Gasteiger partial charge in [0.2, 0.25) is 5.95 Å². The third-order valence-electron chi connectivity index (χ3n) is 4.90. The van der Waals surface area contributed by atoms with Crippen molar-refractivity contribution in [1.82, 2.24) is 14.8 Å². The first-order valence-electron chi connectivity index (χ1n) is 9.98. The van der Waals surface area contributed by atoms with Gasteiger partial charge in [-0.25, -0.2) is 0 Å². The van der Waals surface area contributed by atoms with Crippen LogP contribution in [0.3, 0.4) is 0 Å². The third kappa shape index (κ3) is 4.80. The van der Waals surface area contributed by atoms with E-state index in [1.54, 1.807) is 18.2 Å². The summed E-state index contributed by atoms with van der Waals surface area (Å²) in [6, 6.07) is 14.5. The van der Waals surface area contributed by atoms with Gasteiger partial charge in [0.1, 0.15) is 0 Å². The van der Waals surface area contributed by atoms with Crippen molar-refractivity contribution in [2.75, 3.05) is 43.6 Å². The summed E-state index contributed by atoms with van der Waals surface area (Å²) in [6.07, 6.45) is 0. The molecule has 0 N–H and O–H groups in total. The Morgan fingerprint density at radius 1 is 1.13 bits per heavy atom. The number of morpholine rings is 1. The Kier molecular flexibility index (Phi) is 6.68. The molecule has 1 aliphatic heterocycles. The van der Waals surface area contributed by atoms with Gasteiger partial charge in [0.05, 0.1) is 30.4 Å². The Bertz CT molecular complexity index is 1050. The maximum atomic E-state index is 11.1. The molecule has 1 aromatic heterocycles. The van der Waals surface area contributed by atoms with E-state index in [4.69, 9.17) is 9.47 Å². The van der Waals surface area contributed by atoms with Crippen molar-refractivity contribution in [2.45, 2.75) is 12.1 Å². The predicted octanol–water partition coefficient (Wildman–Crippen LogP) is 3.49. The van der Waals surface area contributed by atoms with Crippen LogP contribution in [0.15, 0.2) is 53.7 Å². The van der Waals surface area contributed by atoms with Crippen molar-refractivity contribution in [3.05, 3.63) is 64.2 Å². The van der Waals surface area contributed by atoms with Gasteiger partial charge in [0.15, 0.2) is 10.9 Å². The molecule has 1 fully saturated rings. The second kappa shape index (κ2) is 9.80. The van der Waals surface area contributed by atoms with Gasteiger partial charge in [-0.2, -0.15) is 0 Å². The van der Waals surface area contributed by atoms with Crippen molar-refractivity contribution >= 4 is 23.4 Å². The molecule has 0 saturated carbocycles. The molecule has 0 atom stereocenters. The summed E-state index contributed by atoms with van der Waals surface area (Å²) in [5.74, 6) is 1.63. The summed E-state index contributed by atoms with van der Waals surface area (Å²) < 4.78 is 13.2. The number of aromatic nitrogens is 3. The van der Waals surface area contributed by atoms with E-state index in [1.165, 1.54) is 17.8 Å². The van der Waals surface area contributed by atoms with E-state index < -0.39 is 4.92 Å². The zero-order valence-electron chi connectivity index (χ0n) is 17.1. The van der Waals surface area contributed by atoms with Gasteiger partial charge in [0.25, 0.3) is 0 Å². The maximum Gasteiger partial charge on any atom is 0.310 e. The largest absolute Gasteiger partial charge is 0.486 e. The minimum Gasteiger partial charge on any atom is -0.486 e. The molecule has 0 bridgehead atoms. The number of nitro benzene ring substituents is 1. The van der Waals surface area contributed by atoms with E-state index in [-0.39, 0.29) is 11.4 Å². The van der Waals surface area contributed by atoms with Crippen LogP contribution in [-0.2, 0) is 4.74 Å². The van der Waals surface area contributed by atoms with Crippen LogP contribution in [0.1, 0.15) is 5.56 Å². The van der Waals surface area contributed by atoms with Gasteiger partial charge in [-0.1, -0.05) is 42.1 Å². The molecule has 0 aliphatic carbocycles. The quantitative estimate of drug-likeness (QED) is 0.227. The molecule has 4 rings (SSSR count). The lowest BCUT2D eigenvalue weighted by molar-refractivity contribution is -0.385. The third-order valence-corrected chi connectivity index (χ3v) is 5.79. The number of aryl methyl sites for hydroxylation is 1. The fourth-order valence-electron chi connectivity index (χ4n) is 3.36. The van der Waals surface area contributed by atoms with Gasteiger partial charge in [0, 0.05) is 24.9 Å². The van der Waals surface area contributed by atoms with Crippen LogP contribution < -0.4 is 9.64 Å². The molecule has 0 radical (unpaired) electrons. The second-order valence-corrected chi connectivity index (χ2v) is 7.99. The Labute approximate surface area is 184 Å². The molecule has 0 spiro atoms. The van der Waals surface area contributed by atoms with Crippen molar-refractivity contribution < 1.29 is 14.4 Å². The smallest absolute Gasteiger partial charge is 0.310 e. The molecule has 0 unspecified atom stereocenters. The lowest BCUT2D eigenvalue weighted by Gasteiger charge is -2.28. The zero-order chi connectivity index (χ0) is 21.6. The SMILES string of the molecule is Cc1ccccc1-n1c(SCCOc2ccccc2[N+](=O)[O-])nnc1N1CCOCC1. The van der Waals surface area contributed by atoms with Crippen molar-refractivity contribution in [2.24, 2.45) is 0 Å². The van der Waals surface area contributed by atoms with E-state index in [0.717, 1.165) is 35.4 Å². The molecule has 1 aliphatic rings. The molecule has 3 aromatic rings. The Balaban J connectivity index is 1.51. The van der Waals surface area contributed by atoms with Crippen LogP contribution in [0.5, 0.6) is 5.75 Å². The molecular formula is C21H23N5O4S. The van der Waals surface area contributed by atoms with Crippen LogP contribution in [0.4, 0.5) is 11.6 Å². The highest BCUT2D eigenvalue weighted by molar-refractivity contribution is 7.99. The standard InChI is InChI=1S/C21H23N5O4S/c1-16-6-2-3-7-17(16)25-20(24-10-12-29-13-11-24)22-23-21(25)31-15-14-30-19-9-5-4-8-18(19)26(27)28/h2-9H,10-15H2,1H3. The van der Waals surface area contributed by atoms with Gasteiger partial charge in [-0.3, -0.25) is 14.7 Å². The molecular weight excluding hydrogens is 418 g/mol. The van der Waals surface area contributed by atoms with Crippen molar-refractivity contribution in [3.8, 4) is 11.4 Å². The Morgan fingerprint density at radius 2 is 1.87 bits per heavy atom. The summed E-state index contributed by atoms with van der Waals surface area (Å²) in [5, 5.41) is 20.8. The molecule has 2 aromatic carbocycles. The van der Waals surface area contributed by atoms with E-state index in [2.05, 4.69) is 38.7 Å². The van der Waals surface area contributed by atoms with E-state index >= 15 is 0 Å². The number of thioether (sulfide) groups is 1. The molecule has 0 amide bonds. The highest BCUT2D eigenvalue weighted by Crippen LogP contribution is 2.30. The monoisotopic (exact) mass is 441 g/mol. The first kappa shape index (κ1) is 21.1. The van der Waals surface area contributed by atoms with Gasteiger partial charge in [-0.15, -0.1) is 10.2 Å². The molecule has 9 nitrogen and oxygen atoms in total. The summed E-state index contributed by atoms with van der Waals surface area (Å²) in [5.41, 5.74) is 2.11. The lowest BCUT2D eigenvalue weighted by atomic mass is 10.2. The zero-order valence-corrected chi connectivity index (χ0v) is 18.0. The van der Waals surface area contributed by atoms with E-state index in [1.807, 2.05) is 12.1 Å². The van der Waals surface area contributed by atoms with Crippen molar-refractivity contribution in [3.63, 3.8) is 0 Å². The van der Waals surface area contributed by atoms with Crippen LogP contribution in [-0.4, -0.2) is 58.4 Å². The molecule has 162 valence electrons. The number of para-hydroxylation sites is 3. The van der Waals surface area contributed by atoms with Gasteiger partial charge >= 0.3 is 5.69 Å². The number of nitro groups is 1. The number of hydrogen-bond donors (Lipinski definition) is 0. The first-order chi connectivity index (χ1) is 15.1. The fourth-order valence-corrected chi connectivity index (χ4v) is 4.12. The lowest BCUT2D eigenvalue weighted by Crippen LogP contribution is -2.38. The average molecular weight is 442 g/mol. The highest BCUT2D eigenvalue weighted by atomic mass is 32.2. The molecule has 1 saturated heterocycles. The van der Waals surface area contributed by atoms with Crippen LogP contribution in [0.2, 0.25) is 0 Å². The normalized spacial score (nSPS) is 13.9. The second-order valence-electron chi connectivity index (χ2n) is 6.93. The summed E-state index contributed by atoms with van der Waals surface area (Å²) in [6.45, 7) is 5.21. The van der Waals surface area contributed by atoms with Crippen LogP contribution >= 0.6 is 11.8 Å². The Morgan fingerprint density at radius 3 is 2.65 bits per heavy atom. The molecule has 31 heavy (non-hydrogen) atoms. The van der Waals surface area contributed by atoms with Gasteiger partial charge < -0.3 is 14.4 Å². The van der Waals surface area contributed by atoms with E-state index in [9.17, 15) is 10.1 Å². The average Bonchev–Trinajstić information content (AvgIpc) is 3.21. The van der Waals surface area contributed by atoms with E-state index in [0.29, 0.717) is 25.6 Å². The van der Waals surface area contributed by atoms with Crippen LogP contribution in [0.25, 0.3) is 5.69 Å². The summed E-state index contributed by atoms with van der Waals surface area (Å²) >= 11 is 1.51. The van der Waals surface area contributed by atoms with Crippen molar-refractivity contribution in [1.29, 1.82) is 0 Å².